The van der Waals surface area contributed by atoms with Gasteiger partial charge in [-0.25, -0.2) is 0 Å². The number of hydrogen-bond donors (Lipinski definition) is 1. The molecule has 0 saturated heterocycles. The van der Waals surface area contributed by atoms with Crippen LogP contribution in [0.5, 0.6) is 5.75 Å². The molecule has 0 aliphatic carbocycles. The molecule has 0 aliphatic rings. The maximum absolute atomic E-state index is 5.85. The molecule has 0 unspecified atom stereocenters. The van der Waals surface area contributed by atoms with Crippen molar-refractivity contribution < 1.29 is 4.74 Å². The Morgan fingerprint density at radius 2 is 1.70 bits per heavy atom. The zero-order valence-corrected chi connectivity index (χ0v) is 13.2. The second kappa shape index (κ2) is 5.95. The Labute approximate surface area is 130 Å². The topological polar surface area (TPSA) is 35.2 Å². The van der Waals surface area contributed by atoms with Gasteiger partial charge in [0, 0.05) is 20.8 Å². The summed E-state index contributed by atoms with van der Waals surface area (Å²) >= 11 is 5.18. The summed E-state index contributed by atoms with van der Waals surface area (Å²) in [6.07, 6.45) is 0. The third kappa shape index (κ3) is 3.03. The molecule has 20 heavy (non-hydrogen) atoms. The molecule has 0 amide bonds. The molecule has 0 fully saturated rings. The summed E-state index contributed by atoms with van der Waals surface area (Å²) < 4.78 is 6.94. The van der Waals surface area contributed by atoms with E-state index in [1.54, 1.807) is 11.3 Å². The summed E-state index contributed by atoms with van der Waals surface area (Å²) in [6, 6.07) is 16.5. The Hall–Kier alpha value is -1.36. The molecule has 2 N–H and O–H groups in total. The van der Waals surface area contributed by atoms with Gasteiger partial charge in [-0.2, -0.15) is 0 Å². The van der Waals surface area contributed by atoms with Gasteiger partial charge in [-0.1, -0.05) is 28.1 Å². The van der Waals surface area contributed by atoms with Crippen LogP contribution in [-0.4, -0.2) is 0 Å². The molecule has 1 aromatic heterocycles. The van der Waals surface area contributed by atoms with Crippen LogP contribution >= 0.6 is 27.3 Å². The van der Waals surface area contributed by atoms with Gasteiger partial charge >= 0.3 is 0 Å². The molecule has 0 radical (unpaired) electrons. The highest BCUT2D eigenvalue weighted by atomic mass is 79.9. The number of thiophene rings is 1. The van der Waals surface area contributed by atoms with Crippen LogP contribution in [0.15, 0.2) is 53.0 Å². The van der Waals surface area contributed by atoms with Crippen LogP contribution in [0, 0.1) is 0 Å². The Kier molecular flexibility index (Phi) is 4.05. The monoisotopic (exact) mass is 347 g/mol. The van der Waals surface area contributed by atoms with Crippen LogP contribution in [0.25, 0.3) is 10.8 Å². The number of fused-ring (bicyclic) bond motifs is 1. The quantitative estimate of drug-likeness (QED) is 0.742. The summed E-state index contributed by atoms with van der Waals surface area (Å²) in [5.41, 5.74) is 5.61. The van der Waals surface area contributed by atoms with Crippen LogP contribution < -0.4 is 10.5 Å². The summed E-state index contributed by atoms with van der Waals surface area (Å²) in [5, 5.41) is 2.38. The fraction of sp³-hybridized carbons (Fsp3) is 0.125. The van der Waals surface area contributed by atoms with Crippen molar-refractivity contribution in [1.82, 2.24) is 0 Å². The zero-order valence-electron chi connectivity index (χ0n) is 10.8. The Morgan fingerprint density at radius 3 is 2.50 bits per heavy atom. The lowest BCUT2D eigenvalue weighted by molar-refractivity contribution is 0.310. The highest BCUT2D eigenvalue weighted by molar-refractivity contribution is 9.10. The third-order valence-corrected chi connectivity index (χ3v) is 4.65. The van der Waals surface area contributed by atoms with Crippen molar-refractivity contribution >= 4 is 38.0 Å². The van der Waals surface area contributed by atoms with Crippen molar-refractivity contribution in [2.24, 2.45) is 5.73 Å². The summed E-state index contributed by atoms with van der Waals surface area (Å²) in [6.45, 7) is 1.18. The van der Waals surface area contributed by atoms with Crippen LogP contribution in [-0.2, 0) is 13.2 Å². The van der Waals surface area contributed by atoms with Gasteiger partial charge in [0.2, 0.25) is 0 Å². The minimum atomic E-state index is 0.590. The number of halogens is 1. The summed E-state index contributed by atoms with van der Waals surface area (Å²) in [4.78, 5) is 2.38. The first-order valence-corrected chi connectivity index (χ1v) is 7.95. The van der Waals surface area contributed by atoms with Gasteiger partial charge in [-0.05, 0) is 47.2 Å². The van der Waals surface area contributed by atoms with Crippen molar-refractivity contribution in [1.29, 1.82) is 0 Å². The van der Waals surface area contributed by atoms with E-state index in [9.17, 15) is 0 Å². The van der Waals surface area contributed by atoms with Gasteiger partial charge in [-0.15, -0.1) is 11.3 Å². The first-order valence-electron chi connectivity index (χ1n) is 6.34. The third-order valence-electron chi connectivity index (χ3n) is 3.07. The predicted octanol–water partition coefficient (Wildman–Crippen LogP) is 4.70. The van der Waals surface area contributed by atoms with Crippen LogP contribution in [0.1, 0.15) is 9.75 Å². The number of ether oxygens (including phenoxy) is 1. The van der Waals surface area contributed by atoms with E-state index in [0.29, 0.717) is 13.2 Å². The Bertz CT molecular complexity index is 738. The molecule has 2 nitrogen and oxygen atoms in total. The lowest BCUT2D eigenvalue weighted by Crippen LogP contribution is -1.93. The average Bonchev–Trinajstić information content (AvgIpc) is 2.93. The van der Waals surface area contributed by atoms with Crippen molar-refractivity contribution in [3.63, 3.8) is 0 Å². The van der Waals surface area contributed by atoms with Crippen molar-refractivity contribution in [3.8, 4) is 5.75 Å². The van der Waals surface area contributed by atoms with Crippen molar-refractivity contribution in [2.45, 2.75) is 13.2 Å². The molecule has 1 heterocycles. The molecule has 102 valence electrons. The fourth-order valence-corrected chi connectivity index (χ4v) is 3.24. The minimum absolute atomic E-state index is 0.590. The molecular weight excluding hydrogens is 334 g/mol. The van der Waals surface area contributed by atoms with Gasteiger partial charge in [-0.3, -0.25) is 0 Å². The second-order valence-electron chi connectivity index (χ2n) is 4.51. The van der Waals surface area contributed by atoms with Gasteiger partial charge in [0.05, 0.1) is 0 Å². The number of hydrogen-bond acceptors (Lipinski definition) is 3. The lowest BCUT2D eigenvalue weighted by Gasteiger charge is -2.06. The Balaban J connectivity index is 1.75. The van der Waals surface area contributed by atoms with E-state index in [1.807, 2.05) is 12.1 Å². The van der Waals surface area contributed by atoms with E-state index in [4.69, 9.17) is 10.5 Å². The van der Waals surface area contributed by atoms with E-state index in [1.165, 1.54) is 20.5 Å². The van der Waals surface area contributed by atoms with E-state index in [2.05, 4.69) is 52.3 Å². The van der Waals surface area contributed by atoms with Crippen molar-refractivity contribution in [2.75, 3.05) is 0 Å². The van der Waals surface area contributed by atoms with Crippen molar-refractivity contribution in [3.05, 3.63) is 62.8 Å². The molecule has 0 atom stereocenters. The standard InChI is InChI=1S/C16H14BrNOS/c17-13-3-1-12-8-14(4-2-11(12)7-13)19-10-16-6-5-15(9-18)20-16/h1-8H,9-10,18H2. The fourth-order valence-electron chi connectivity index (χ4n) is 2.05. The molecule has 0 saturated carbocycles. The number of benzene rings is 2. The first kappa shape index (κ1) is 13.6. The largest absolute Gasteiger partial charge is 0.488 e. The minimum Gasteiger partial charge on any atom is -0.488 e. The molecule has 0 spiro atoms. The van der Waals surface area contributed by atoms with E-state index in [0.717, 1.165) is 10.2 Å². The molecule has 0 bridgehead atoms. The molecule has 4 heteroatoms. The molecule has 3 rings (SSSR count). The number of rotatable bonds is 4. The highest BCUT2D eigenvalue weighted by Gasteiger charge is 2.02. The molecule has 3 aromatic rings. The SMILES string of the molecule is NCc1ccc(COc2ccc3cc(Br)ccc3c2)s1. The molecule has 2 aromatic carbocycles. The average molecular weight is 348 g/mol. The zero-order chi connectivity index (χ0) is 13.9. The van der Waals surface area contributed by atoms with Crippen LogP contribution in [0.4, 0.5) is 0 Å². The molecule has 0 aliphatic heterocycles. The normalized spacial score (nSPS) is 10.9. The van der Waals surface area contributed by atoms with E-state index >= 15 is 0 Å². The van der Waals surface area contributed by atoms with E-state index < -0.39 is 0 Å². The Morgan fingerprint density at radius 1 is 0.950 bits per heavy atom. The second-order valence-corrected chi connectivity index (χ2v) is 6.68. The maximum atomic E-state index is 5.85. The smallest absolute Gasteiger partial charge is 0.122 e. The summed E-state index contributed by atoms with van der Waals surface area (Å²) in [7, 11) is 0. The summed E-state index contributed by atoms with van der Waals surface area (Å²) in [5.74, 6) is 0.891. The highest BCUT2D eigenvalue weighted by Crippen LogP contribution is 2.25. The van der Waals surface area contributed by atoms with E-state index in [-0.39, 0.29) is 0 Å². The predicted molar refractivity (Wildman–Crippen MR) is 88.2 cm³/mol. The van der Waals surface area contributed by atoms with Gasteiger partial charge in [0.15, 0.2) is 0 Å². The maximum Gasteiger partial charge on any atom is 0.122 e. The molecular formula is C16H14BrNOS. The number of nitrogens with two attached hydrogens (primary N) is 1. The first-order chi connectivity index (χ1) is 9.74. The van der Waals surface area contributed by atoms with Crippen LogP contribution in [0.2, 0.25) is 0 Å². The van der Waals surface area contributed by atoms with Gasteiger partial charge < -0.3 is 10.5 Å². The lowest BCUT2D eigenvalue weighted by atomic mass is 10.1. The van der Waals surface area contributed by atoms with Gasteiger partial charge in [0.25, 0.3) is 0 Å². The van der Waals surface area contributed by atoms with Gasteiger partial charge in [0.1, 0.15) is 12.4 Å². The van der Waals surface area contributed by atoms with Crippen LogP contribution in [0.3, 0.4) is 0 Å².